The van der Waals surface area contributed by atoms with E-state index in [4.69, 9.17) is 4.74 Å². The van der Waals surface area contributed by atoms with Gasteiger partial charge in [-0.2, -0.15) is 0 Å². The summed E-state index contributed by atoms with van der Waals surface area (Å²) in [6, 6.07) is 18.1. The van der Waals surface area contributed by atoms with Crippen LogP contribution in [0.2, 0.25) is 0 Å². The molecule has 2 nitrogen and oxygen atoms in total. The predicted molar refractivity (Wildman–Crippen MR) is 90.0 cm³/mol. The van der Waals surface area contributed by atoms with E-state index in [0.717, 1.165) is 23.3 Å². The number of Topliss-reactive ketones (excluding diaryl/α,β-unsaturated/α-hetero) is 1. The Hall–Kier alpha value is -2.09. The third-order valence-electron chi connectivity index (χ3n) is 3.62. The van der Waals surface area contributed by atoms with Gasteiger partial charge in [-0.1, -0.05) is 63.2 Å². The largest absolute Gasteiger partial charge is 0.489 e. The molecule has 0 unspecified atom stereocenters. The molecule has 0 spiro atoms. The summed E-state index contributed by atoms with van der Waals surface area (Å²) in [6.07, 6.45) is 1.34. The third kappa shape index (κ3) is 5.03. The topological polar surface area (TPSA) is 26.3 Å². The summed E-state index contributed by atoms with van der Waals surface area (Å²) >= 11 is 0. The fourth-order valence-corrected chi connectivity index (χ4v) is 2.16. The molecule has 0 aliphatic carbocycles. The lowest BCUT2D eigenvalue weighted by atomic mass is 9.87. The number of aryl methyl sites for hydroxylation is 1. The van der Waals surface area contributed by atoms with Gasteiger partial charge < -0.3 is 4.74 Å². The first-order valence-electron chi connectivity index (χ1n) is 7.74. The summed E-state index contributed by atoms with van der Waals surface area (Å²) in [7, 11) is 0. The normalized spacial score (nSPS) is 11.2. The highest BCUT2D eigenvalue weighted by molar-refractivity contribution is 5.83. The van der Waals surface area contributed by atoms with Crippen molar-refractivity contribution in [3.05, 3.63) is 65.7 Å². The van der Waals surface area contributed by atoms with Crippen LogP contribution in [0.4, 0.5) is 0 Å². The monoisotopic (exact) mass is 296 g/mol. The van der Waals surface area contributed by atoms with Crippen molar-refractivity contribution in [2.75, 3.05) is 0 Å². The first-order chi connectivity index (χ1) is 10.4. The van der Waals surface area contributed by atoms with E-state index >= 15 is 0 Å². The number of ketones is 1. The summed E-state index contributed by atoms with van der Waals surface area (Å²) < 4.78 is 5.82. The zero-order valence-corrected chi connectivity index (χ0v) is 13.6. The molecular formula is C20H24O2. The smallest absolute Gasteiger partial charge is 0.138 e. The second-order valence-corrected chi connectivity index (χ2v) is 6.59. The zero-order valence-electron chi connectivity index (χ0n) is 13.6. The molecule has 22 heavy (non-hydrogen) atoms. The van der Waals surface area contributed by atoms with Gasteiger partial charge in [0.25, 0.3) is 0 Å². The fourth-order valence-electron chi connectivity index (χ4n) is 2.16. The van der Waals surface area contributed by atoms with Gasteiger partial charge in [-0.05, 0) is 29.7 Å². The Morgan fingerprint density at radius 1 is 0.955 bits per heavy atom. The van der Waals surface area contributed by atoms with Gasteiger partial charge in [-0.25, -0.2) is 0 Å². The Morgan fingerprint density at radius 3 is 2.32 bits per heavy atom. The van der Waals surface area contributed by atoms with Crippen molar-refractivity contribution in [2.24, 2.45) is 5.41 Å². The van der Waals surface area contributed by atoms with Crippen LogP contribution in [0, 0.1) is 5.41 Å². The summed E-state index contributed by atoms with van der Waals surface area (Å²) in [5.41, 5.74) is 2.03. The van der Waals surface area contributed by atoms with Crippen LogP contribution >= 0.6 is 0 Å². The summed E-state index contributed by atoms with van der Waals surface area (Å²) in [5, 5.41) is 0. The number of carbonyl (C=O) groups excluding carboxylic acids is 1. The van der Waals surface area contributed by atoms with Crippen LogP contribution < -0.4 is 4.74 Å². The minimum absolute atomic E-state index is 0.262. The van der Waals surface area contributed by atoms with Crippen molar-refractivity contribution in [3.8, 4) is 5.75 Å². The van der Waals surface area contributed by atoms with Crippen LogP contribution in [0.15, 0.2) is 54.6 Å². The minimum atomic E-state index is -0.262. The van der Waals surface area contributed by atoms with Gasteiger partial charge in [0.1, 0.15) is 18.1 Å². The van der Waals surface area contributed by atoms with Crippen LogP contribution in [0.3, 0.4) is 0 Å². The summed E-state index contributed by atoms with van der Waals surface area (Å²) in [6.45, 7) is 6.46. The summed E-state index contributed by atoms with van der Waals surface area (Å²) in [4.78, 5) is 12.0. The van der Waals surface area contributed by atoms with Crippen LogP contribution in [0.25, 0.3) is 0 Å². The van der Waals surface area contributed by atoms with Crippen molar-refractivity contribution in [2.45, 2.75) is 40.2 Å². The zero-order chi connectivity index (χ0) is 16.0. The molecule has 2 rings (SSSR count). The molecule has 0 saturated heterocycles. The fraction of sp³-hybridized carbons (Fsp3) is 0.350. The van der Waals surface area contributed by atoms with Crippen molar-refractivity contribution >= 4 is 5.78 Å². The number of benzene rings is 2. The Morgan fingerprint density at radius 2 is 1.64 bits per heavy atom. The average molecular weight is 296 g/mol. The van der Waals surface area contributed by atoms with Crippen molar-refractivity contribution < 1.29 is 9.53 Å². The van der Waals surface area contributed by atoms with Gasteiger partial charge in [-0.3, -0.25) is 4.79 Å². The predicted octanol–water partition coefficient (Wildman–Crippen LogP) is 4.81. The first kappa shape index (κ1) is 16.3. The molecule has 0 aliphatic rings. The molecule has 116 valence electrons. The quantitative estimate of drug-likeness (QED) is 0.764. The molecular weight excluding hydrogens is 272 g/mol. The third-order valence-corrected chi connectivity index (χ3v) is 3.62. The molecule has 2 aromatic rings. The molecule has 0 saturated carbocycles. The van der Waals surface area contributed by atoms with E-state index in [2.05, 4.69) is 0 Å². The van der Waals surface area contributed by atoms with E-state index < -0.39 is 0 Å². The molecule has 0 fully saturated rings. The Labute approximate surface area is 133 Å². The van der Waals surface area contributed by atoms with E-state index in [1.807, 2.05) is 75.4 Å². The molecule has 0 amide bonds. The molecule has 0 bridgehead atoms. The molecule has 2 aromatic carbocycles. The van der Waals surface area contributed by atoms with E-state index in [-0.39, 0.29) is 5.41 Å². The van der Waals surface area contributed by atoms with Crippen LogP contribution in [-0.2, 0) is 17.8 Å². The Kier molecular flexibility index (Phi) is 5.37. The maximum atomic E-state index is 12.0. The van der Waals surface area contributed by atoms with Gasteiger partial charge in [0.2, 0.25) is 0 Å². The molecule has 0 aromatic heterocycles. The number of carbonyl (C=O) groups is 1. The van der Waals surface area contributed by atoms with Crippen molar-refractivity contribution in [1.82, 2.24) is 0 Å². The van der Waals surface area contributed by atoms with Gasteiger partial charge >= 0.3 is 0 Å². The summed E-state index contributed by atoms with van der Waals surface area (Å²) in [5.74, 6) is 1.15. The highest BCUT2D eigenvalue weighted by Crippen LogP contribution is 2.20. The number of ether oxygens (including phenoxy) is 1. The highest BCUT2D eigenvalue weighted by atomic mass is 16.5. The number of rotatable bonds is 6. The Balaban J connectivity index is 1.91. The molecule has 0 atom stereocenters. The highest BCUT2D eigenvalue weighted by Gasteiger charge is 2.20. The maximum Gasteiger partial charge on any atom is 0.138 e. The first-order valence-corrected chi connectivity index (χ1v) is 7.74. The molecule has 0 radical (unpaired) electrons. The molecule has 0 aliphatic heterocycles. The van der Waals surface area contributed by atoms with Gasteiger partial charge in [0, 0.05) is 11.8 Å². The number of hydrogen-bond acceptors (Lipinski definition) is 2. The van der Waals surface area contributed by atoms with E-state index in [9.17, 15) is 4.79 Å². The lowest BCUT2D eigenvalue weighted by Crippen LogP contribution is -2.20. The maximum absolute atomic E-state index is 12.0. The van der Waals surface area contributed by atoms with E-state index in [0.29, 0.717) is 18.8 Å². The lowest BCUT2D eigenvalue weighted by Gasteiger charge is -2.16. The van der Waals surface area contributed by atoms with Crippen LogP contribution in [0.5, 0.6) is 5.75 Å². The molecule has 2 heteroatoms. The molecule has 0 N–H and O–H groups in total. The van der Waals surface area contributed by atoms with Crippen molar-refractivity contribution in [3.63, 3.8) is 0 Å². The minimum Gasteiger partial charge on any atom is -0.489 e. The second-order valence-electron chi connectivity index (χ2n) is 6.59. The SMILES string of the molecule is CC(C)(C)C(=O)CCc1cccc(OCc2ccccc2)c1. The van der Waals surface area contributed by atoms with Gasteiger partial charge in [-0.15, -0.1) is 0 Å². The van der Waals surface area contributed by atoms with Gasteiger partial charge in [0.15, 0.2) is 0 Å². The van der Waals surface area contributed by atoms with Gasteiger partial charge in [0.05, 0.1) is 0 Å². The van der Waals surface area contributed by atoms with Crippen molar-refractivity contribution in [1.29, 1.82) is 0 Å². The lowest BCUT2D eigenvalue weighted by molar-refractivity contribution is -0.126. The number of hydrogen-bond donors (Lipinski definition) is 0. The van der Waals surface area contributed by atoms with Crippen LogP contribution in [0.1, 0.15) is 38.3 Å². The Bertz CT molecular complexity index is 609. The second kappa shape index (κ2) is 7.26. The molecule has 0 heterocycles. The van der Waals surface area contributed by atoms with Crippen LogP contribution in [-0.4, -0.2) is 5.78 Å². The van der Waals surface area contributed by atoms with E-state index in [1.165, 1.54) is 0 Å². The average Bonchev–Trinajstić information content (AvgIpc) is 2.51. The van der Waals surface area contributed by atoms with E-state index in [1.54, 1.807) is 0 Å². The standard InChI is InChI=1S/C20H24O2/c1-20(2,3)19(21)13-12-16-10-7-11-18(14-16)22-15-17-8-5-4-6-9-17/h4-11,14H,12-13,15H2,1-3H3.